The Morgan fingerprint density at radius 1 is 0.700 bits per heavy atom. The van der Waals surface area contributed by atoms with Crippen LogP contribution in [0.15, 0.2) is 54.6 Å². The summed E-state index contributed by atoms with van der Waals surface area (Å²) < 4.78 is 0. The number of nitrogens with zero attached hydrogens (tertiary/aromatic N) is 1. The molecule has 1 nitrogen and oxygen atoms in total. The topological polar surface area (TPSA) is 3.24 Å². The number of fused-ring (bicyclic) bond motifs is 1. The minimum absolute atomic E-state index is 0.798. The fourth-order valence-electron chi connectivity index (χ4n) is 4.74. The van der Waals surface area contributed by atoms with Gasteiger partial charge in [-0.1, -0.05) is 69.2 Å². The Morgan fingerprint density at radius 2 is 1.23 bits per heavy atom. The van der Waals surface area contributed by atoms with Crippen LogP contribution >= 0.6 is 8.19 Å². The summed E-state index contributed by atoms with van der Waals surface area (Å²) >= 11 is 0. The van der Waals surface area contributed by atoms with Crippen molar-refractivity contribution in [1.29, 1.82) is 0 Å². The van der Waals surface area contributed by atoms with E-state index in [-0.39, 0.29) is 0 Å². The highest BCUT2D eigenvalue weighted by atomic mass is 31.0. The molecular weight excluding hydrogens is 381 g/mol. The number of rotatable bonds is 9. The van der Waals surface area contributed by atoms with Gasteiger partial charge in [-0.3, -0.25) is 0 Å². The largest absolute Gasteiger partial charge is 0.372 e. The molecule has 0 saturated carbocycles. The summed E-state index contributed by atoms with van der Waals surface area (Å²) in [4.78, 5) is 2.59. The summed E-state index contributed by atoms with van der Waals surface area (Å²) in [5.41, 5.74) is 7.61. The molecule has 0 fully saturated rings. The van der Waals surface area contributed by atoms with E-state index in [1.54, 1.807) is 21.7 Å². The summed E-state index contributed by atoms with van der Waals surface area (Å²) in [5.74, 6) is 0. The van der Waals surface area contributed by atoms with E-state index in [0.717, 1.165) is 8.19 Å². The second-order valence-electron chi connectivity index (χ2n) is 8.65. The minimum Gasteiger partial charge on any atom is -0.372 e. The summed E-state index contributed by atoms with van der Waals surface area (Å²) in [5, 5.41) is 3.22. The summed E-state index contributed by atoms with van der Waals surface area (Å²) in [6.07, 6.45) is 10.3. The number of anilines is 1. The average molecular weight is 418 g/mol. The van der Waals surface area contributed by atoms with Gasteiger partial charge in [0.25, 0.3) is 0 Å². The van der Waals surface area contributed by atoms with Crippen LogP contribution < -0.4 is 4.90 Å². The maximum atomic E-state index is 2.59. The molecule has 0 saturated heterocycles. The highest BCUT2D eigenvalue weighted by Gasteiger charge is 2.21. The Kier molecular flexibility index (Phi) is 7.34. The van der Waals surface area contributed by atoms with Crippen LogP contribution in [-0.2, 0) is 12.8 Å². The van der Waals surface area contributed by atoms with E-state index < -0.39 is 0 Å². The van der Waals surface area contributed by atoms with Crippen molar-refractivity contribution in [2.45, 2.75) is 65.2 Å². The van der Waals surface area contributed by atoms with Crippen LogP contribution in [0, 0.1) is 0 Å². The maximum Gasteiger partial charge on any atom is 0.0366 e. The molecule has 0 spiro atoms. The molecule has 3 aromatic rings. The minimum atomic E-state index is 0.798. The van der Waals surface area contributed by atoms with E-state index in [9.17, 15) is 0 Å². The van der Waals surface area contributed by atoms with Crippen LogP contribution in [0.3, 0.4) is 0 Å². The quantitative estimate of drug-likeness (QED) is 0.338. The SMILES string of the molecule is CCCCN(CCCC)c1ccc(-c2[pH]c(-c3ccccc3)c3c2CCCC3)cc1. The fourth-order valence-corrected chi connectivity index (χ4v) is 6.46. The molecule has 0 bridgehead atoms. The molecule has 1 unspecified atom stereocenters. The summed E-state index contributed by atoms with van der Waals surface area (Å²) in [7, 11) is 0.798. The van der Waals surface area contributed by atoms with Gasteiger partial charge in [-0.05, 0) is 72.9 Å². The second kappa shape index (κ2) is 10.4. The Bertz CT molecular complexity index is 915. The van der Waals surface area contributed by atoms with Crippen molar-refractivity contribution < 1.29 is 0 Å². The van der Waals surface area contributed by atoms with Crippen molar-refractivity contribution in [2.24, 2.45) is 0 Å². The lowest BCUT2D eigenvalue weighted by atomic mass is 9.89. The number of unbranched alkanes of at least 4 members (excludes halogenated alkanes) is 2. The predicted molar refractivity (Wildman–Crippen MR) is 135 cm³/mol. The number of hydrogen-bond donors (Lipinski definition) is 0. The van der Waals surface area contributed by atoms with Crippen LogP contribution in [0.25, 0.3) is 21.7 Å². The zero-order valence-corrected chi connectivity index (χ0v) is 19.7. The Hall–Kier alpha value is -1.98. The first-order valence-electron chi connectivity index (χ1n) is 12.0. The standard InChI is InChI=1S/C28H36NP/c1-3-5-20-29(21-6-4-2)24-18-16-23(17-19-24)28-26-15-11-10-14-25(26)27(30-28)22-12-8-7-9-13-22/h7-9,12-13,16-19,30H,3-6,10-11,14-15,20-21H2,1-2H3. The molecule has 2 heteroatoms. The van der Waals surface area contributed by atoms with Crippen LogP contribution in [0.2, 0.25) is 0 Å². The van der Waals surface area contributed by atoms with Crippen molar-refractivity contribution in [3.63, 3.8) is 0 Å². The van der Waals surface area contributed by atoms with Gasteiger partial charge in [-0.15, -0.1) is 8.19 Å². The van der Waals surface area contributed by atoms with E-state index in [4.69, 9.17) is 0 Å². The Labute approximate surface area is 184 Å². The number of benzene rings is 2. The molecule has 0 radical (unpaired) electrons. The van der Waals surface area contributed by atoms with Crippen LogP contribution in [0.1, 0.15) is 63.5 Å². The number of hydrogen-bond acceptors (Lipinski definition) is 1. The smallest absolute Gasteiger partial charge is 0.0366 e. The van der Waals surface area contributed by atoms with Crippen LogP contribution in [-0.4, -0.2) is 13.1 Å². The third-order valence-corrected chi connectivity index (χ3v) is 8.15. The maximum absolute atomic E-state index is 2.59. The van der Waals surface area contributed by atoms with E-state index in [1.807, 2.05) is 0 Å². The molecule has 158 valence electrons. The Morgan fingerprint density at radius 3 is 1.77 bits per heavy atom. The van der Waals surface area contributed by atoms with Gasteiger partial charge in [-0.25, -0.2) is 0 Å². The van der Waals surface area contributed by atoms with E-state index in [1.165, 1.54) is 81.3 Å². The normalized spacial score (nSPS) is 13.5. The van der Waals surface area contributed by atoms with Gasteiger partial charge in [0.15, 0.2) is 0 Å². The first-order chi connectivity index (χ1) is 14.8. The van der Waals surface area contributed by atoms with Gasteiger partial charge in [-0.2, -0.15) is 0 Å². The lowest BCUT2D eigenvalue weighted by Gasteiger charge is -2.25. The predicted octanol–water partition coefficient (Wildman–Crippen LogP) is 8.34. The van der Waals surface area contributed by atoms with E-state index in [0.29, 0.717) is 0 Å². The van der Waals surface area contributed by atoms with E-state index in [2.05, 4.69) is 73.3 Å². The molecule has 1 heterocycles. The lowest BCUT2D eigenvalue weighted by Crippen LogP contribution is -2.25. The first-order valence-corrected chi connectivity index (χ1v) is 13.0. The molecule has 0 amide bonds. The van der Waals surface area contributed by atoms with Crippen molar-refractivity contribution in [3.8, 4) is 21.7 Å². The molecule has 0 aliphatic heterocycles. The Balaban J connectivity index is 1.65. The van der Waals surface area contributed by atoms with Gasteiger partial charge in [0, 0.05) is 29.4 Å². The van der Waals surface area contributed by atoms with Gasteiger partial charge < -0.3 is 4.90 Å². The second-order valence-corrected chi connectivity index (χ2v) is 9.90. The molecule has 1 atom stereocenters. The van der Waals surface area contributed by atoms with Crippen molar-refractivity contribution >= 4 is 13.9 Å². The molecule has 2 aromatic carbocycles. The average Bonchev–Trinajstić information content (AvgIpc) is 3.20. The monoisotopic (exact) mass is 417 g/mol. The van der Waals surface area contributed by atoms with Gasteiger partial charge >= 0.3 is 0 Å². The van der Waals surface area contributed by atoms with Crippen molar-refractivity contribution in [3.05, 3.63) is 65.7 Å². The zero-order valence-electron chi connectivity index (χ0n) is 18.7. The highest BCUT2D eigenvalue weighted by molar-refractivity contribution is 7.38. The molecule has 4 rings (SSSR count). The molecule has 0 N–H and O–H groups in total. The van der Waals surface area contributed by atoms with Crippen molar-refractivity contribution in [1.82, 2.24) is 0 Å². The lowest BCUT2D eigenvalue weighted by molar-refractivity contribution is 0.678. The molecule has 30 heavy (non-hydrogen) atoms. The van der Waals surface area contributed by atoms with Gasteiger partial charge in [0.2, 0.25) is 0 Å². The fraction of sp³-hybridized carbons (Fsp3) is 0.429. The summed E-state index contributed by atoms with van der Waals surface area (Å²) in [6, 6.07) is 20.6. The molecule has 1 aliphatic carbocycles. The molecule has 1 aliphatic rings. The highest BCUT2D eigenvalue weighted by Crippen LogP contribution is 2.48. The third kappa shape index (κ3) is 4.68. The summed E-state index contributed by atoms with van der Waals surface area (Å²) in [6.45, 7) is 6.93. The molecular formula is C28H36NP. The first kappa shape index (κ1) is 21.3. The van der Waals surface area contributed by atoms with Crippen LogP contribution in [0.5, 0.6) is 0 Å². The van der Waals surface area contributed by atoms with Gasteiger partial charge in [0.05, 0.1) is 0 Å². The van der Waals surface area contributed by atoms with Gasteiger partial charge in [0.1, 0.15) is 0 Å². The van der Waals surface area contributed by atoms with Crippen LogP contribution in [0.4, 0.5) is 5.69 Å². The van der Waals surface area contributed by atoms with Crippen molar-refractivity contribution in [2.75, 3.05) is 18.0 Å². The molecule has 1 aromatic heterocycles. The van der Waals surface area contributed by atoms with E-state index >= 15 is 0 Å². The third-order valence-electron chi connectivity index (χ3n) is 6.47. The zero-order chi connectivity index (χ0) is 20.8.